The predicted octanol–water partition coefficient (Wildman–Crippen LogP) is 1.47. The highest BCUT2D eigenvalue weighted by Gasteiger charge is 2.04. The van der Waals surface area contributed by atoms with Gasteiger partial charge in [-0.1, -0.05) is 11.1 Å². The maximum Gasteiger partial charge on any atom is 0.177 e. The van der Waals surface area contributed by atoms with Gasteiger partial charge in [0.05, 0.1) is 11.4 Å². The maximum absolute atomic E-state index is 5.03. The molecule has 0 bridgehead atoms. The first-order chi connectivity index (χ1) is 7.15. The molecule has 0 saturated carbocycles. The van der Waals surface area contributed by atoms with Gasteiger partial charge in [-0.2, -0.15) is 0 Å². The van der Waals surface area contributed by atoms with Crippen molar-refractivity contribution >= 4 is 5.71 Å². The van der Waals surface area contributed by atoms with Crippen LogP contribution in [-0.4, -0.2) is 22.3 Å². The molecule has 0 unspecified atom stereocenters. The highest BCUT2D eigenvalue weighted by atomic mass is 16.6. The van der Waals surface area contributed by atoms with Gasteiger partial charge in [-0.05, 0) is 20.8 Å². The molecule has 0 atom stereocenters. The van der Waals surface area contributed by atoms with Gasteiger partial charge in [0.2, 0.25) is 0 Å². The van der Waals surface area contributed by atoms with E-state index in [9.17, 15) is 0 Å². The number of aromatic nitrogens is 2. The Morgan fingerprint density at radius 1 is 1.60 bits per heavy atom. The van der Waals surface area contributed by atoms with Gasteiger partial charge in [0.25, 0.3) is 0 Å². The third kappa shape index (κ3) is 3.06. The van der Waals surface area contributed by atoms with E-state index in [0.29, 0.717) is 0 Å². The van der Waals surface area contributed by atoms with E-state index < -0.39 is 0 Å². The molecule has 1 heterocycles. The van der Waals surface area contributed by atoms with Crippen LogP contribution in [0.2, 0.25) is 0 Å². The first-order valence-corrected chi connectivity index (χ1v) is 4.55. The molecule has 4 nitrogen and oxygen atoms in total. The van der Waals surface area contributed by atoms with Crippen molar-refractivity contribution in [3.8, 4) is 12.3 Å². The number of nitrogens with zero attached hydrogens (tertiary/aromatic N) is 3. The minimum absolute atomic E-state index is 0.170. The average molecular weight is 203 g/mol. The molecule has 0 aliphatic carbocycles. The van der Waals surface area contributed by atoms with Crippen LogP contribution in [0.3, 0.4) is 0 Å². The fraction of sp³-hybridized carbons (Fsp3) is 0.364. The first kappa shape index (κ1) is 11.2. The van der Waals surface area contributed by atoms with Crippen molar-refractivity contribution in [1.29, 1.82) is 0 Å². The van der Waals surface area contributed by atoms with Crippen molar-refractivity contribution in [2.24, 2.45) is 5.16 Å². The molecule has 4 heteroatoms. The van der Waals surface area contributed by atoms with Crippen molar-refractivity contribution in [3.05, 3.63) is 23.3 Å². The molecule has 0 fully saturated rings. The maximum atomic E-state index is 5.03. The molecule has 0 N–H and O–H groups in total. The second-order valence-corrected chi connectivity index (χ2v) is 3.07. The summed E-state index contributed by atoms with van der Waals surface area (Å²) in [6, 6.07) is 0. The Kier molecular flexibility index (Phi) is 3.81. The van der Waals surface area contributed by atoms with Crippen LogP contribution >= 0.6 is 0 Å². The summed E-state index contributed by atoms with van der Waals surface area (Å²) in [7, 11) is 0. The molecule has 0 aliphatic heterocycles. The Morgan fingerprint density at radius 2 is 2.33 bits per heavy atom. The van der Waals surface area contributed by atoms with Gasteiger partial charge in [-0.3, -0.25) is 0 Å². The van der Waals surface area contributed by atoms with E-state index >= 15 is 0 Å². The van der Waals surface area contributed by atoms with Gasteiger partial charge in [0.15, 0.2) is 6.61 Å². The van der Waals surface area contributed by atoms with Crippen LogP contribution in [0.1, 0.15) is 24.0 Å². The largest absolute Gasteiger partial charge is 0.382 e. The van der Waals surface area contributed by atoms with Gasteiger partial charge in [-0.25, -0.2) is 9.97 Å². The lowest BCUT2D eigenvalue weighted by atomic mass is 10.2. The lowest BCUT2D eigenvalue weighted by molar-refractivity contribution is 0.180. The van der Waals surface area contributed by atoms with Gasteiger partial charge in [0, 0.05) is 11.8 Å². The van der Waals surface area contributed by atoms with Crippen molar-refractivity contribution in [3.63, 3.8) is 0 Å². The third-order valence-corrected chi connectivity index (χ3v) is 1.84. The second kappa shape index (κ2) is 5.11. The zero-order chi connectivity index (χ0) is 11.3. The van der Waals surface area contributed by atoms with Crippen molar-refractivity contribution in [2.45, 2.75) is 20.8 Å². The zero-order valence-electron chi connectivity index (χ0n) is 9.11. The van der Waals surface area contributed by atoms with E-state index in [1.807, 2.05) is 20.8 Å². The summed E-state index contributed by atoms with van der Waals surface area (Å²) >= 11 is 0. The van der Waals surface area contributed by atoms with Crippen LogP contribution in [0, 0.1) is 26.2 Å². The Bertz CT molecular complexity index is 418. The third-order valence-electron chi connectivity index (χ3n) is 1.84. The van der Waals surface area contributed by atoms with E-state index in [2.05, 4.69) is 21.0 Å². The SMILES string of the molecule is C#CCO/N=C(/C)c1cnc(C)nc1C. The van der Waals surface area contributed by atoms with Gasteiger partial charge in [0.1, 0.15) is 5.82 Å². The Hall–Kier alpha value is -1.89. The highest BCUT2D eigenvalue weighted by Crippen LogP contribution is 2.05. The summed E-state index contributed by atoms with van der Waals surface area (Å²) in [6.45, 7) is 5.75. The van der Waals surface area contributed by atoms with Crippen LogP contribution in [0.25, 0.3) is 0 Å². The molecular formula is C11H13N3O. The smallest absolute Gasteiger partial charge is 0.177 e. The zero-order valence-corrected chi connectivity index (χ0v) is 9.11. The average Bonchev–Trinajstić information content (AvgIpc) is 2.17. The molecule has 1 rings (SSSR count). The molecule has 0 spiro atoms. The minimum atomic E-state index is 0.170. The van der Waals surface area contributed by atoms with Gasteiger partial charge >= 0.3 is 0 Å². The molecule has 0 amide bonds. The van der Waals surface area contributed by atoms with Crippen LogP contribution in [0.5, 0.6) is 0 Å². The fourth-order valence-corrected chi connectivity index (χ4v) is 1.15. The molecule has 0 saturated heterocycles. The molecule has 0 aliphatic rings. The Balaban J connectivity index is 2.87. The molecule has 1 aromatic heterocycles. The second-order valence-electron chi connectivity index (χ2n) is 3.07. The van der Waals surface area contributed by atoms with E-state index in [1.54, 1.807) is 6.20 Å². The molecule has 78 valence electrons. The van der Waals surface area contributed by atoms with Crippen LogP contribution in [-0.2, 0) is 4.84 Å². The standard InChI is InChI=1S/C11H13N3O/c1-5-6-15-14-9(3)11-7-12-10(4)13-8(11)2/h1,7H,6H2,2-4H3/b14-9-. The first-order valence-electron chi connectivity index (χ1n) is 4.55. The number of rotatable bonds is 3. The number of aryl methyl sites for hydroxylation is 2. The topological polar surface area (TPSA) is 47.4 Å². The number of hydrogen-bond acceptors (Lipinski definition) is 4. The summed E-state index contributed by atoms with van der Waals surface area (Å²) in [6.07, 6.45) is 6.77. The van der Waals surface area contributed by atoms with Crippen LogP contribution in [0.15, 0.2) is 11.4 Å². The Morgan fingerprint density at radius 3 is 2.93 bits per heavy atom. The summed E-state index contributed by atoms with van der Waals surface area (Å²) in [5.74, 6) is 3.08. The lowest BCUT2D eigenvalue weighted by Gasteiger charge is -2.03. The Labute approximate surface area is 89.4 Å². The summed E-state index contributed by atoms with van der Waals surface area (Å²) in [5, 5.41) is 3.87. The predicted molar refractivity (Wildman–Crippen MR) is 58.5 cm³/mol. The molecule has 0 radical (unpaired) electrons. The molecule has 0 aromatic carbocycles. The number of hydrogen-bond donors (Lipinski definition) is 0. The van der Waals surface area contributed by atoms with E-state index in [1.165, 1.54) is 0 Å². The highest BCUT2D eigenvalue weighted by molar-refractivity contribution is 5.98. The fourth-order valence-electron chi connectivity index (χ4n) is 1.15. The molecular weight excluding hydrogens is 190 g/mol. The lowest BCUT2D eigenvalue weighted by Crippen LogP contribution is -2.04. The number of oxime groups is 1. The van der Waals surface area contributed by atoms with E-state index in [4.69, 9.17) is 11.3 Å². The number of terminal acetylenes is 1. The minimum Gasteiger partial charge on any atom is -0.382 e. The molecule has 1 aromatic rings. The normalized spacial score (nSPS) is 10.9. The van der Waals surface area contributed by atoms with Crippen molar-refractivity contribution in [1.82, 2.24) is 9.97 Å². The monoisotopic (exact) mass is 203 g/mol. The summed E-state index contributed by atoms with van der Waals surface area (Å²) in [4.78, 5) is 13.2. The van der Waals surface area contributed by atoms with Crippen LogP contribution in [0.4, 0.5) is 0 Å². The summed E-state index contributed by atoms with van der Waals surface area (Å²) in [5.41, 5.74) is 2.48. The quantitative estimate of drug-likeness (QED) is 0.323. The van der Waals surface area contributed by atoms with Crippen molar-refractivity contribution in [2.75, 3.05) is 6.61 Å². The van der Waals surface area contributed by atoms with Crippen LogP contribution < -0.4 is 0 Å². The molecule has 15 heavy (non-hydrogen) atoms. The van der Waals surface area contributed by atoms with Crippen molar-refractivity contribution < 1.29 is 4.84 Å². The van der Waals surface area contributed by atoms with Gasteiger partial charge < -0.3 is 4.84 Å². The van der Waals surface area contributed by atoms with E-state index in [-0.39, 0.29) is 6.61 Å². The summed E-state index contributed by atoms with van der Waals surface area (Å²) < 4.78 is 0. The van der Waals surface area contributed by atoms with E-state index in [0.717, 1.165) is 22.8 Å². The van der Waals surface area contributed by atoms with Gasteiger partial charge in [-0.15, -0.1) is 6.42 Å².